The van der Waals surface area contributed by atoms with Gasteiger partial charge in [0.15, 0.2) is 0 Å². The summed E-state index contributed by atoms with van der Waals surface area (Å²) >= 11 is 6.21. The zero-order valence-electron chi connectivity index (χ0n) is 13.3. The molecule has 3 rings (SSSR count). The lowest BCUT2D eigenvalue weighted by Crippen LogP contribution is -2.56. The molecule has 126 valence electrons. The SMILES string of the molecule is COC1(C(=O)NC2CCN(c3ncccc3Cl)C2)CCNCC1. The van der Waals surface area contributed by atoms with Crippen LogP contribution in [-0.2, 0) is 9.53 Å². The number of amides is 1. The Morgan fingerprint density at radius 1 is 1.52 bits per heavy atom. The Labute approximate surface area is 141 Å². The van der Waals surface area contributed by atoms with Crippen LogP contribution in [0.2, 0.25) is 5.02 Å². The fourth-order valence-electron chi connectivity index (χ4n) is 3.35. The molecular formula is C16H23ClN4O2. The molecule has 2 N–H and O–H groups in total. The number of hydrogen-bond acceptors (Lipinski definition) is 5. The highest BCUT2D eigenvalue weighted by Gasteiger charge is 2.41. The molecular weight excluding hydrogens is 316 g/mol. The van der Waals surface area contributed by atoms with E-state index in [1.807, 2.05) is 12.1 Å². The first-order chi connectivity index (χ1) is 11.1. The standard InChI is InChI=1S/C16H23ClN4O2/c1-23-16(5-8-18-9-6-16)15(22)20-12-4-10-21(11-12)14-13(17)3-2-7-19-14/h2-3,7,12,18H,4-6,8-11H2,1H3,(H,20,22). The van der Waals surface area contributed by atoms with Crippen LogP contribution in [0, 0.1) is 0 Å². The van der Waals surface area contributed by atoms with Crippen molar-refractivity contribution in [2.24, 2.45) is 0 Å². The van der Waals surface area contributed by atoms with Crippen LogP contribution < -0.4 is 15.5 Å². The first-order valence-electron chi connectivity index (χ1n) is 8.07. The van der Waals surface area contributed by atoms with Crippen LogP contribution in [-0.4, -0.2) is 55.8 Å². The minimum Gasteiger partial charge on any atom is -0.368 e. The Balaban J connectivity index is 1.61. The molecule has 0 aromatic carbocycles. The van der Waals surface area contributed by atoms with Crippen LogP contribution in [0.5, 0.6) is 0 Å². The monoisotopic (exact) mass is 338 g/mol. The number of nitrogens with one attached hydrogen (secondary N) is 2. The first kappa shape index (κ1) is 16.5. The normalized spacial score (nSPS) is 23.7. The summed E-state index contributed by atoms with van der Waals surface area (Å²) in [6.45, 7) is 3.17. The molecule has 2 saturated heterocycles. The second-order valence-corrected chi connectivity index (χ2v) is 6.57. The van der Waals surface area contributed by atoms with E-state index in [0.29, 0.717) is 17.9 Å². The molecule has 1 unspecified atom stereocenters. The zero-order chi connectivity index (χ0) is 16.3. The first-order valence-corrected chi connectivity index (χ1v) is 8.45. The molecule has 3 heterocycles. The van der Waals surface area contributed by atoms with Gasteiger partial charge in [-0.15, -0.1) is 0 Å². The number of halogens is 1. The number of ether oxygens (including phenoxy) is 1. The molecule has 0 bridgehead atoms. The number of pyridine rings is 1. The Kier molecular flexibility index (Phi) is 5.04. The van der Waals surface area contributed by atoms with Crippen LogP contribution in [0.15, 0.2) is 18.3 Å². The highest BCUT2D eigenvalue weighted by Crippen LogP contribution is 2.27. The number of carbonyl (C=O) groups is 1. The van der Waals surface area contributed by atoms with Gasteiger partial charge in [0.05, 0.1) is 5.02 Å². The Hall–Kier alpha value is -1.37. The smallest absolute Gasteiger partial charge is 0.252 e. The van der Waals surface area contributed by atoms with E-state index in [1.165, 1.54) is 0 Å². The van der Waals surface area contributed by atoms with Gasteiger partial charge >= 0.3 is 0 Å². The second kappa shape index (κ2) is 7.03. The van der Waals surface area contributed by atoms with Crippen molar-refractivity contribution in [3.05, 3.63) is 23.4 Å². The van der Waals surface area contributed by atoms with Crippen molar-refractivity contribution in [1.29, 1.82) is 0 Å². The van der Waals surface area contributed by atoms with E-state index >= 15 is 0 Å². The number of hydrogen-bond donors (Lipinski definition) is 2. The maximum Gasteiger partial charge on any atom is 0.252 e. The van der Waals surface area contributed by atoms with Crippen LogP contribution in [0.4, 0.5) is 5.82 Å². The van der Waals surface area contributed by atoms with E-state index in [-0.39, 0.29) is 11.9 Å². The van der Waals surface area contributed by atoms with Crippen LogP contribution in [0.1, 0.15) is 19.3 Å². The number of piperidine rings is 1. The predicted molar refractivity (Wildman–Crippen MR) is 89.9 cm³/mol. The summed E-state index contributed by atoms with van der Waals surface area (Å²) in [5, 5.41) is 7.07. The molecule has 2 aliphatic rings. The Bertz CT molecular complexity index is 563. The number of aromatic nitrogens is 1. The maximum atomic E-state index is 12.7. The molecule has 0 radical (unpaired) electrons. The fraction of sp³-hybridized carbons (Fsp3) is 0.625. The van der Waals surface area contributed by atoms with E-state index in [9.17, 15) is 4.79 Å². The van der Waals surface area contributed by atoms with Crippen molar-refractivity contribution in [3.8, 4) is 0 Å². The molecule has 1 aromatic rings. The van der Waals surface area contributed by atoms with E-state index in [4.69, 9.17) is 16.3 Å². The number of anilines is 1. The number of nitrogens with zero attached hydrogens (tertiary/aromatic N) is 2. The lowest BCUT2D eigenvalue weighted by atomic mass is 9.90. The molecule has 2 fully saturated rings. The lowest BCUT2D eigenvalue weighted by Gasteiger charge is -2.35. The third kappa shape index (κ3) is 3.44. The van der Waals surface area contributed by atoms with E-state index in [1.54, 1.807) is 13.3 Å². The number of rotatable bonds is 4. The minimum absolute atomic E-state index is 0.000433. The molecule has 23 heavy (non-hydrogen) atoms. The highest BCUT2D eigenvalue weighted by molar-refractivity contribution is 6.32. The van der Waals surface area contributed by atoms with Gasteiger partial charge in [0.25, 0.3) is 5.91 Å². The van der Waals surface area contributed by atoms with Gasteiger partial charge in [-0.3, -0.25) is 4.79 Å². The van der Waals surface area contributed by atoms with Gasteiger partial charge in [0.2, 0.25) is 0 Å². The second-order valence-electron chi connectivity index (χ2n) is 6.16. The van der Waals surface area contributed by atoms with Crippen LogP contribution in [0.3, 0.4) is 0 Å². The largest absolute Gasteiger partial charge is 0.368 e. The van der Waals surface area contributed by atoms with Gasteiger partial charge in [0.1, 0.15) is 11.4 Å². The molecule has 1 atom stereocenters. The van der Waals surface area contributed by atoms with Gasteiger partial charge in [-0.2, -0.15) is 0 Å². The maximum absolute atomic E-state index is 12.7. The van der Waals surface area contributed by atoms with E-state index in [0.717, 1.165) is 38.4 Å². The van der Waals surface area contributed by atoms with Gasteiger partial charge < -0.3 is 20.3 Å². The fourth-order valence-corrected chi connectivity index (χ4v) is 3.59. The van der Waals surface area contributed by atoms with Crippen molar-refractivity contribution in [3.63, 3.8) is 0 Å². The summed E-state index contributed by atoms with van der Waals surface area (Å²) in [5.74, 6) is 0.787. The molecule has 6 nitrogen and oxygen atoms in total. The molecule has 7 heteroatoms. The van der Waals surface area contributed by atoms with Crippen molar-refractivity contribution in [2.75, 3.05) is 38.2 Å². The van der Waals surface area contributed by atoms with Crippen molar-refractivity contribution in [2.45, 2.75) is 30.9 Å². The summed E-state index contributed by atoms with van der Waals surface area (Å²) in [4.78, 5) is 19.2. The topological polar surface area (TPSA) is 66.5 Å². The molecule has 2 aliphatic heterocycles. The van der Waals surface area contributed by atoms with E-state index in [2.05, 4.69) is 20.5 Å². The molecule has 1 amide bonds. The number of carbonyl (C=O) groups excluding carboxylic acids is 1. The van der Waals surface area contributed by atoms with Crippen molar-refractivity contribution < 1.29 is 9.53 Å². The summed E-state index contributed by atoms with van der Waals surface area (Å²) in [6, 6.07) is 3.76. The summed E-state index contributed by atoms with van der Waals surface area (Å²) < 4.78 is 5.58. The van der Waals surface area contributed by atoms with Crippen LogP contribution >= 0.6 is 11.6 Å². The molecule has 1 aromatic heterocycles. The third-order valence-electron chi connectivity index (χ3n) is 4.78. The van der Waals surface area contributed by atoms with Gasteiger partial charge in [0, 0.05) is 32.4 Å². The summed E-state index contributed by atoms with van der Waals surface area (Å²) in [7, 11) is 1.62. The van der Waals surface area contributed by atoms with Gasteiger partial charge in [-0.25, -0.2) is 4.98 Å². The average Bonchev–Trinajstić information content (AvgIpc) is 3.04. The summed E-state index contributed by atoms with van der Waals surface area (Å²) in [6.07, 6.45) is 4.04. The Morgan fingerprint density at radius 3 is 3.00 bits per heavy atom. The molecule has 0 spiro atoms. The minimum atomic E-state index is -0.693. The van der Waals surface area contributed by atoms with Crippen molar-refractivity contribution in [1.82, 2.24) is 15.6 Å². The number of methoxy groups -OCH3 is 1. The van der Waals surface area contributed by atoms with Gasteiger partial charge in [-0.05, 0) is 44.5 Å². The zero-order valence-corrected chi connectivity index (χ0v) is 14.1. The van der Waals surface area contributed by atoms with Gasteiger partial charge in [-0.1, -0.05) is 11.6 Å². The van der Waals surface area contributed by atoms with Crippen LogP contribution in [0.25, 0.3) is 0 Å². The van der Waals surface area contributed by atoms with Crippen molar-refractivity contribution >= 4 is 23.3 Å². The molecule has 0 saturated carbocycles. The molecule has 0 aliphatic carbocycles. The quantitative estimate of drug-likeness (QED) is 0.863. The summed E-state index contributed by atoms with van der Waals surface area (Å²) in [5.41, 5.74) is -0.693. The lowest BCUT2D eigenvalue weighted by molar-refractivity contribution is -0.147. The van der Waals surface area contributed by atoms with E-state index < -0.39 is 5.60 Å². The highest BCUT2D eigenvalue weighted by atomic mass is 35.5. The third-order valence-corrected chi connectivity index (χ3v) is 5.07. The predicted octanol–water partition coefficient (Wildman–Crippen LogP) is 1.20. The Morgan fingerprint density at radius 2 is 2.30 bits per heavy atom. The average molecular weight is 339 g/mol.